The first kappa shape index (κ1) is 12.5. The zero-order valence-corrected chi connectivity index (χ0v) is 8.78. The van der Waals surface area contributed by atoms with Gasteiger partial charge in [0.1, 0.15) is 0 Å². The van der Waals surface area contributed by atoms with Crippen molar-refractivity contribution >= 4 is 16.8 Å². The van der Waals surface area contributed by atoms with Crippen molar-refractivity contribution in [3.8, 4) is 6.07 Å². The molecule has 2 nitrogen and oxygen atoms in total. The second-order valence-corrected chi connectivity index (χ2v) is 3.44. The van der Waals surface area contributed by atoms with Gasteiger partial charge in [-0.1, -0.05) is 0 Å². The Labute approximate surface area is 94.2 Å². The van der Waals surface area contributed by atoms with Crippen molar-refractivity contribution in [1.82, 2.24) is 0 Å². The topological polar surface area (TPSA) is 40.9 Å². The average molecular weight is 248 g/mol. The minimum Gasteiger partial charge on any atom is -0.276 e. The number of carbonyl (C=O) groups is 1. The second kappa shape index (κ2) is 4.14. The van der Waals surface area contributed by atoms with Gasteiger partial charge in [-0.05, 0) is 36.2 Å². The van der Waals surface area contributed by atoms with Crippen LogP contribution in [0.4, 0.5) is 13.2 Å². The molecular weight excluding hydrogens is 243 g/mol. The molecule has 1 aromatic rings. The molecule has 0 N–H and O–H groups in total. The van der Waals surface area contributed by atoms with Crippen LogP contribution in [0.15, 0.2) is 12.1 Å². The van der Waals surface area contributed by atoms with E-state index in [1.165, 1.54) is 6.92 Å². The summed E-state index contributed by atoms with van der Waals surface area (Å²) in [7, 11) is 0. The largest absolute Gasteiger partial charge is 0.416 e. The Bertz CT molecular complexity index is 488. The molecule has 0 aromatic heterocycles. The highest BCUT2D eigenvalue weighted by molar-refractivity contribution is 6.68. The minimum atomic E-state index is -4.57. The molecule has 0 bridgehead atoms. The van der Waals surface area contributed by atoms with Crippen molar-refractivity contribution in [1.29, 1.82) is 5.26 Å². The van der Waals surface area contributed by atoms with E-state index < -0.39 is 22.5 Å². The molecule has 84 valence electrons. The van der Waals surface area contributed by atoms with E-state index in [0.29, 0.717) is 6.07 Å². The predicted molar refractivity (Wildman–Crippen MR) is 51.1 cm³/mol. The highest BCUT2D eigenvalue weighted by Crippen LogP contribution is 2.33. The number of hydrogen-bond donors (Lipinski definition) is 0. The van der Waals surface area contributed by atoms with Gasteiger partial charge in [0.15, 0.2) is 0 Å². The van der Waals surface area contributed by atoms with Crippen molar-refractivity contribution in [2.45, 2.75) is 13.1 Å². The van der Waals surface area contributed by atoms with Crippen LogP contribution >= 0.6 is 11.6 Å². The van der Waals surface area contributed by atoms with Crippen molar-refractivity contribution in [3.63, 3.8) is 0 Å². The summed E-state index contributed by atoms with van der Waals surface area (Å²) in [6.07, 6.45) is -4.57. The quantitative estimate of drug-likeness (QED) is 0.715. The lowest BCUT2D eigenvalue weighted by Gasteiger charge is -2.11. The zero-order chi connectivity index (χ0) is 12.5. The van der Waals surface area contributed by atoms with Crippen LogP contribution in [0.3, 0.4) is 0 Å². The SMILES string of the molecule is Cc1cc(C#N)c(C(=O)Cl)cc1C(F)(F)F. The zero-order valence-electron chi connectivity index (χ0n) is 8.02. The fourth-order valence-corrected chi connectivity index (χ4v) is 1.42. The van der Waals surface area contributed by atoms with E-state index in [2.05, 4.69) is 0 Å². The molecular formula is C10H5ClF3NO. The van der Waals surface area contributed by atoms with E-state index in [9.17, 15) is 18.0 Å². The molecule has 0 spiro atoms. The third kappa shape index (κ3) is 2.34. The summed E-state index contributed by atoms with van der Waals surface area (Å²) in [5, 5.41) is 7.56. The van der Waals surface area contributed by atoms with Gasteiger partial charge in [-0.3, -0.25) is 4.79 Å². The molecule has 0 aliphatic heterocycles. The summed E-state index contributed by atoms with van der Waals surface area (Å²) in [4.78, 5) is 10.9. The van der Waals surface area contributed by atoms with Gasteiger partial charge in [-0.25, -0.2) is 0 Å². The summed E-state index contributed by atoms with van der Waals surface area (Å²) < 4.78 is 37.5. The molecule has 0 atom stereocenters. The Morgan fingerprint density at radius 3 is 2.38 bits per heavy atom. The van der Waals surface area contributed by atoms with Gasteiger partial charge in [0.25, 0.3) is 5.24 Å². The molecule has 0 fully saturated rings. The first-order valence-corrected chi connectivity index (χ1v) is 4.47. The highest BCUT2D eigenvalue weighted by atomic mass is 35.5. The maximum atomic E-state index is 12.5. The Morgan fingerprint density at radius 1 is 1.44 bits per heavy atom. The first-order chi connectivity index (χ1) is 7.27. The molecule has 0 aliphatic rings. The molecule has 6 heteroatoms. The van der Waals surface area contributed by atoms with Gasteiger partial charge in [0, 0.05) is 0 Å². The number of nitrogens with zero attached hydrogens (tertiary/aromatic N) is 1. The molecule has 16 heavy (non-hydrogen) atoms. The summed E-state index contributed by atoms with van der Waals surface area (Å²) in [5.41, 5.74) is -1.67. The number of aryl methyl sites for hydroxylation is 1. The molecule has 1 rings (SSSR count). The molecule has 0 radical (unpaired) electrons. The van der Waals surface area contributed by atoms with E-state index in [1.54, 1.807) is 6.07 Å². The van der Waals surface area contributed by atoms with E-state index >= 15 is 0 Å². The second-order valence-electron chi connectivity index (χ2n) is 3.10. The highest BCUT2D eigenvalue weighted by Gasteiger charge is 2.33. The maximum Gasteiger partial charge on any atom is 0.416 e. The third-order valence-corrected chi connectivity index (χ3v) is 2.21. The normalized spacial score (nSPS) is 11.0. The summed E-state index contributed by atoms with van der Waals surface area (Å²) in [6, 6.07) is 3.22. The molecule has 1 aromatic carbocycles. The number of halogens is 4. The standard InChI is InChI=1S/C10H5ClF3NO/c1-5-2-6(4-15)7(9(11)16)3-8(5)10(12,13)14/h2-3H,1H3. The van der Waals surface area contributed by atoms with Gasteiger partial charge in [-0.2, -0.15) is 18.4 Å². The third-order valence-electron chi connectivity index (χ3n) is 2.00. The molecule has 0 saturated heterocycles. The Kier molecular flexibility index (Phi) is 3.24. The van der Waals surface area contributed by atoms with Crippen LogP contribution in [0.5, 0.6) is 0 Å². The number of rotatable bonds is 1. The first-order valence-electron chi connectivity index (χ1n) is 4.09. The summed E-state index contributed by atoms with van der Waals surface area (Å²) >= 11 is 5.10. The van der Waals surface area contributed by atoms with Gasteiger partial charge in [0.05, 0.1) is 22.8 Å². The predicted octanol–water partition coefficient (Wildman–Crippen LogP) is 3.26. The van der Waals surface area contributed by atoms with Crippen molar-refractivity contribution in [2.24, 2.45) is 0 Å². The van der Waals surface area contributed by atoms with Crippen LogP contribution in [0.1, 0.15) is 27.0 Å². The van der Waals surface area contributed by atoms with Crippen molar-refractivity contribution in [3.05, 3.63) is 34.4 Å². The van der Waals surface area contributed by atoms with Crippen LogP contribution in [-0.2, 0) is 6.18 Å². The monoisotopic (exact) mass is 247 g/mol. The average Bonchev–Trinajstić information content (AvgIpc) is 2.14. The van der Waals surface area contributed by atoms with Crippen LogP contribution in [0.2, 0.25) is 0 Å². The molecule has 0 unspecified atom stereocenters. The van der Waals surface area contributed by atoms with E-state index in [4.69, 9.17) is 16.9 Å². The Balaban J connectivity index is 3.53. The van der Waals surface area contributed by atoms with Gasteiger partial charge >= 0.3 is 6.18 Å². The molecule has 0 heterocycles. The van der Waals surface area contributed by atoms with Crippen molar-refractivity contribution < 1.29 is 18.0 Å². The molecule has 0 aliphatic carbocycles. The molecule has 0 saturated carbocycles. The number of alkyl halides is 3. The number of hydrogen-bond acceptors (Lipinski definition) is 2. The summed E-state index contributed by atoms with van der Waals surface area (Å²) in [6.45, 7) is 1.21. The smallest absolute Gasteiger partial charge is 0.276 e. The Hall–Kier alpha value is -1.54. The van der Waals surface area contributed by atoms with Gasteiger partial charge in [0.2, 0.25) is 0 Å². The summed E-state index contributed by atoms with van der Waals surface area (Å²) in [5.74, 6) is 0. The van der Waals surface area contributed by atoms with Gasteiger partial charge in [-0.15, -0.1) is 0 Å². The lowest BCUT2D eigenvalue weighted by Crippen LogP contribution is -2.10. The van der Waals surface area contributed by atoms with E-state index in [0.717, 1.165) is 6.07 Å². The van der Waals surface area contributed by atoms with Crippen LogP contribution in [0.25, 0.3) is 0 Å². The lowest BCUT2D eigenvalue weighted by atomic mass is 10.00. The van der Waals surface area contributed by atoms with E-state index in [1.807, 2.05) is 0 Å². The van der Waals surface area contributed by atoms with Crippen LogP contribution in [-0.4, -0.2) is 5.24 Å². The number of nitriles is 1. The van der Waals surface area contributed by atoms with Crippen molar-refractivity contribution in [2.75, 3.05) is 0 Å². The van der Waals surface area contributed by atoms with Crippen LogP contribution in [0, 0.1) is 18.3 Å². The molecule has 0 amide bonds. The fraction of sp³-hybridized carbons (Fsp3) is 0.200. The van der Waals surface area contributed by atoms with Gasteiger partial charge < -0.3 is 0 Å². The number of carbonyl (C=O) groups excluding carboxylic acids is 1. The number of benzene rings is 1. The Morgan fingerprint density at radius 2 is 2.00 bits per heavy atom. The minimum absolute atomic E-state index is 0.120. The van der Waals surface area contributed by atoms with E-state index in [-0.39, 0.29) is 11.1 Å². The lowest BCUT2D eigenvalue weighted by molar-refractivity contribution is -0.138. The fourth-order valence-electron chi connectivity index (χ4n) is 1.27. The maximum absolute atomic E-state index is 12.5. The van der Waals surface area contributed by atoms with Crippen LogP contribution < -0.4 is 0 Å².